The molecule has 2 aromatic heterocycles. The third-order valence-corrected chi connectivity index (χ3v) is 4.87. The van der Waals surface area contributed by atoms with Crippen LogP contribution < -0.4 is 0 Å². The number of likely N-dealkylation sites (N-methyl/N-ethyl adjacent to an activating group) is 1. The molecule has 2 aromatic rings. The Morgan fingerprint density at radius 3 is 3.00 bits per heavy atom. The Kier molecular flexibility index (Phi) is 5.38. The second kappa shape index (κ2) is 7.51. The van der Waals surface area contributed by atoms with Crippen molar-refractivity contribution in [1.82, 2.24) is 19.2 Å². The van der Waals surface area contributed by atoms with E-state index in [0.717, 1.165) is 50.2 Å². The number of rotatable bonds is 5. The monoisotopic (exact) mass is 350 g/mol. The van der Waals surface area contributed by atoms with Gasteiger partial charge in [0.15, 0.2) is 0 Å². The van der Waals surface area contributed by atoms with Crippen LogP contribution in [0.25, 0.3) is 5.65 Å². The van der Waals surface area contributed by atoms with Gasteiger partial charge in [0.05, 0.1) is 17.3 Å². The highest BCUT2D eigenvalue weighted by Gasteiger charge is 2.22. The Labute approximate surface area is 146 Å². The van der Waals surface area contributed by atoms with E-state index in [1.54, 1.807) is 0 Å². The summed E-state index contributed by atoms with van der Waals surface area (Å²) in [5.41, 5.74) is 1.94. The van der Waals surface area contributed by atoms with Crippen LogP contribution in [-0.4, -0.2) is 63.0 Å². The molecule has 0 amide bonds. The lowest BCUT2D eigenvalue weighted by Gasteiger charge is -2.25. The number of pyridine rings is 1. The molecule has 3 rings (SSSR count). The number of fused-ring (bicyclic) bond motifs is 1. The van der Waals surface area contributed by atoms with Crippen LogP contribution in [-0.2, 0) is 11.3 Å². The smallest absolute Gasteiger partial charge is 0.317 e. The SMILES string of the molecule is CN(CC(=O)O)C1CCCN(Cc2cn3cc(Cl)ccc3n2)CC1. The molecule has 24 heavy (non-hydrogen) atoms. The van der Waals surface area contributed by atoms with E-state index in [1.807, 2.05) is 40.9 Å². The lowest BCUT2D eigenvalue weighted by molar-refractivity contribution is -0.138. The van der Waals surface area contributed by atoms with Crippen molar-refractivity contribution in [3.63, 3.8) is 0 Å². The highest BCUT2D eigenvalue weighted by molar-refractivity contribution is 6.30. The van der Waals surface area contributed by atoms with Crippen LogP contribution in [0.5, 0.6) is 0 Å². The number of carbonyl (C=O) groups is 1. The molecule has 1 aliphatic rings. The van der Waals surface area contributed by atoms with Gasteiger partial charge in [-0.2, -0.15) is 0 Å². The molecule has 1 unspecified atom stereocenters. The summed E-state index contributed by atoms with van der Waals surface area (Å²) in [6, 6.07) is 4.11. The van der Waals surface area contributed by atoms with Crippen LogP contribution in [0.4, 0.5) is 0 Å². The number of aliphatic carboxylic acids is 1. The number of nitrogens with zero attached hydrogens (tertiary/aromatic N) is 4. The average molecular weight is 351 g/mol. The fourth-order valence-electron chi connectivity index (χ4n) is 3.40. The highest BCUT2D eigenvalue weighted by atomic mass is 35.5. The van der Waals surface area contributed by atoms with Crippen molar-refractivity contribution in [2.24, 2.45) is 0 Å². The van der Waals surface area contributed by atoms with Crippen molar-refractivity contribution in [3.8, 4) is 0 Å². The molecule has 1 saturated heterocycles. The lowest BCUT2D eigenvalue weighted by atomic mass is 10.1. The Hall–Kier alpha value is -1.63. The average Bonchev–Trinajstić information content (AvgIpc) is 2.74. The normalized spacial score (nSPS) is 19.7. The zero-order chi connectivity index (χ0) is 17.1. The van der Waals surface area contributed by atoms with E-state index >= 15 is 0 Å². The van der Waals surface area contributed by atoms with Crippen LogP contribution in [0.2, 0.25) is 5.02 Å². The first-order valence-electron chi connectivity index (χ1n) is 8.29. The summed E-state index contributed by atoms with van der Waals surface area (Å²) >= 11 is 6.02. The van der Waals surface area contributed by atoms with E-state index in [0.29, 0.717) is 11.1 Å². The highest BCUT2D eigenvalue weighted by Crippen LogP contribution is 2.18. The zero-order valence-electron chi connectivity index (χ0n) is 13.9. The van der Waals surface area contributed by atoms with Crippen LogP contribution in [0, 0.1) is 0 Å². The summed E-state index contributed by atoms with van der Waals surface area (Å²) in [7, 11) is 1.90. The summed E-state index contributed by atoms with van der Waals surface area (Å²) < 4.78 is 1.96. The van der Waals surface area contributed by atoms with Crippen LogP contribution in [0.1, 0.15) is 25.0 Å². The molecule has 7 heteroatoms. The molecule has 0 saturated carbocycles. The molecule has 6 nitrogen and oxygen atoms in total. The van der Waals surface area contributed by atoms with Crippen molar-refractivity contribution in [2.45, 2.75) is 31.8 Å². The number of hydrogen-bond donors (Lipinski definition) is 1. The number of halogens is 1. The van der Waals surface area contributed by atoms with Crippen LogP contribution in [0.3, 0.4) is 0 Å². The van der Waals surface area contributed by atoms with Gasteiger partial charge in [0.2, 0.25) is 0 Å². The third-order valence-electron chi connectivity index (χ3n) is 4.65. The van der Waals surface area contributed by atoms with E-state index in [4.69, 9.17) is 16.7 Å². The van der Waals surface area contributed by atoms with Gasteiger partial charge in [0.25, 0.3) is 0 Å². The predicted octanol–water partition coefficient (Wildman–Crippen LogP) is 2.36. The van der Waals surface area contributed by atoms with E-state index in [2.05, 4.69) is 9.88 Å². The molecule has 1 aliphatic heterocycles. The topological polar surface area (TPSA) is 61.1 Å². The second-order valence-corrected chi connectivity index (χ2v) is 6.95. The van der Waals surface area contributed by atoms with Gasteiger partial charge in [0.1, 0.15) is 5.65 Å². The van der Waals surface area contributed by atoms with Crippen molar-refractivity contribution in [1.29, 1.82) is 0 Å². The molecule has 0 bridgehead atoms. The van der Waals surface area contributed by atoms with Crippen molar-refractivity contribution in [3.05, 3.63) is 35.2 Å². The molecule has 3 heterocycles. The molecule has 1 fully saturated rings. The number of aromatic nitrogens is 2. The minimum atomic E-state index is -0.762. The number of imidazole rings is 1. The Morgan fingerprint density at radius 2 is 2.21 bits per heavy atom. The predicted molar refractivity (Wildman–Crippen MR) is 93.4 cm³/mol. The Balaban J connectivity index is 1.60. The largest absolute Gasteiger partial charge is 0.480 e. The van der Waals surface area contributed by atoms with E-state index in [-0.39, 0.29) is 6.54 Å². The Morgan fingerprint density at radius 1 is 1.38 bits per heavy atom. The first kappa shape index (κ1) is 17.2. The number of carboxylic acid groups (broad SMARTS) is 1. The minimum Gasteiger partial charge on any atom is -0.480 e. The number of hydrogen-bond acceptors (Lipinski definition) is 4. The molecule has 0 radical (unpaired) electrons. The summed E-state index contributed by atoms with van der Waals surface area (Å²) in [5.74, 6) is -0.762. The standard InChI is InChI=1S/C17H23ClN4O2/c1-20(12-17(23)24)15-3-2-7-21(8-6-15)10-14-11-22-9-13(18)4-5-16(22)19-14/h4-5,9,11,15H,2-3,6-8,10,12H2,1H3,(H,23,24). The van der Waals surface area contributed by atoms with Crippen molar-refractivity contribution >= 4 is 23.2 Å². The molecule has 1 atom stereocenters. The van der Waals surface area contributed by atoms with Crippen molar-refractivity contribution < 1.29 is 9.90 Å². The fraction of sp³-hybridized carbons (Fsp3) is 0.529. The number of carboxylic acids is 1. The summed E-state index contributed by atoms with van der Waals surface area (Å²) in [6.45, 7) is 2.90. The molecule has 0 aliphatic carbocycles. The van der Waals surface area contributed by atoms with Gasteiger partial charge in [-0.15, -0.1) is 0 Å². The van der Waals surface area contributed by atoms with Gasteiger partial charge in [-0.3, -0.25) is 14.6 Å². The zero-order valence-corrected chi connectivity index (χ0v) is 14.6. The maximum atomic E-state index is 10.9. The first-order valence-corrected chi connectivity index (χ1v) is 8.66. The second-order valence-electron chi connectivity index (χ2n) is 6.51. The first-order chi connectivity index (χ1) is 11.5. The van der Waals surface area contributed by atoms with Gasteiger partial charge in [0, 0.05) is 31.5 Å². The summed E-state index contributed by atoms with van der Waals surface area (Å²) in [4.78, 5) is 19.9. The molecule has 0 aromatic carbocycles. The van der Waals surface area contributed by atoms with Gasteiger partial charge in [-0.25, -0.2) is 4.98 Å². The summed E-state index contributed by atoms with van der Waals surface area (Å²) in [5, 5.41) is 9.65. The van der Waals surface area contributed by atoms with Gasteiger partial charge < -0.3 is 9.51 Å². The molecular formula is C17H23ClN4O2. The Bertz CT molecular complexity index is 718. The maximum Gasteiger partial charge on any atom is 0.317 e. The minimum absolute atomic E-state index is 0.109. The molecule has 130 valence electrons. The van der Waals surface area contributed by atoms with Crippen molar-refractivity contribution in [2.75, 3.05) is 26.7 Å². The van der Waals surface area contributed by atoms with Gasteiger partial charge >= 0.3 is 5.97 Å². The summed E-state index contributed by atoms with van der Waals surface area (Å²) in [6.07, 6.45) is 7.00. The van der Waals surface area contributed by atoms with Crippen LogP contribution in [0.15, 0.2) is 24.5 Å². The quantitative estimate of drug-likeness (QED) is 0.897. The van der Waals surface area contributed by atoms with E-state index in [1.165, 1.54) is 0 Å². The fourth-order valence-corrected chi connectivity index (χ4v) is 3.57. The molecule has 1 N–H and O–H groups in total. The van der Waals surface area contributed by atoms with Gasteiger partial charge in [-0.05, 0) is 45.0 Å². The van der Waals surface area contributed by atoms with Crippen LogP contribution >= 0.6 is 11.6 Å². The number of likely N-dealkylation sites (tertiary alicyclic amines) is 1. The lowest BCUT2D eigenvalue weighted by Crippen LogP contribution is -2.36. The van der Waals surface area contributed by atoms with Gasteiger partial charge in [-0.1, -0.05) is 11.6 Å². The van der Waals surface area contributed by atoms with E-state index < -0.39 is 5.97 Å². The third kappa shape index (κ3) is 4.26. The maximum absolute atomic E-state index is 10.9. The van der Waals surface area contributed by atoms with E-state index in [9.17, 15) is 4.79 Å². The molecule has 0 spiro atoms. The molecular weight excluding hydrogens is 328 g/mol.